The predicted octanol–water partition coefficient (Wildman–Crippen LogP) is 2.15. The number of amides is 1. The Bertz CT molecular complexity index is 250. The second-order valence-electron chi connectivity index (χ2n) is 5.48. The molecule has 1 fully saturated rings. The smallest absolute Gasteiger partial charge is 0.221 e. The normalized spacial score (nSPS) is 20.5. The molecule has 0 aromatic heterocycles. The fourth-order valence-electron chi connectivity index (χ4n) is 2.25. The fourth-order valence-corrected chi connectivity index (χ4v) is 3.17. The third kappa shape index (κ3) is 4.51. The third-order valence-corrected chi connectivity index (χ3v) is 5.25. The van der Waals surface area contributed by atoms with Gasteiger partial charge in [0, 0.05) is 23.8 Å². The minimum atomic E-state index is -0.0243. The van der Waals surface area contributed by atoms with Gasteiger partial charge in [-0.1, -0.05) is 26.7 Å². The maximum Gasteiger partial charge on any atom is 0.221 e. The van der Waals surface area contributed by atoms with Gasteiger partial charge in [0.2, 0.25) is 5.91 Å². The van der Waals surface area contributed by atoms with Crippen LogP contribution in [0.2, 0.25) is 0 Å². The Morgan fingerprint density at radius 1 is 1.41 bits per heavy atom. The highest BCUT2D eigenvalue weighted by Crippen LogP contribution is 2.39. The van der Waals surface area contributed by atoms with Gasteiger partial charge in [-0.05, 0) is 25.0 Å². The van der Waals surface area contributed by atoms with E-state index >= 15 is 0 Å². The Kier molecular flexibility index (Phi) is 5.80. The third-order valence-electron chi connectivity index (χ3n) is 3.83. The molecular weight excluding hydrogens is 232 g/mol. The summed E-state index contributed by atoms with van der Waals surface area (Å²) in [6.45, 7) is 4.91. The standard InChI is InChI=1S/C13H26N2OS/c1-10(2)11(14)8-12(16)15-9-13(17-3)6-4-5-7-13/h10-11H,4-9,14H2,1-3H3,(H,15,16). The van der Waals surface area contributed by atoms with Crippen molar-refractivity contribution in [2.24, 2.45) is 11.7 Å². The van der Waals surface area contributed by atoms with E-state index in [0.717, 1.165) is 6.54 Å². The Morgan fingerprint density at radius 3 is 2.47 bits per heavy atom. The van der Waals surface area contributed by atoms with Crippen LogP contribution in [0.25, 0.3) is 0 Å². The van der Waals surface area contributed by atoms with Crippen LogP contribution in [-0.4, -0.2) is 29.5 Å². The van der Waals surface area contributed by atoms with Crippen molar-refractivity contribution < 1.29 is 4.79 Å². The molecule has 1 aliphatic rings. The summed E-state index contributed by atoms with van der Waals surface area (Å²) in [6, 6.07) is -0.0243. The minimum Gasteiger partial charge on any atom is -0.355 e. The Labute approximate surface area is 109 Å². The van der Waals surface area contributed by atoms with E-state index in [4.69, 9.17) is 5.73 Å². The molecule has 0 spiro atoms. The first-order valence-corrected chi connectivity index (χ1v) is 7.79. The van der Waals surface area contributed by atoms with E-state index in [0.29, 0.717) is 12.3 Å². The van der Waals surface area contributed by atoms with Crippen molar-refractivity contribution in [1.82, 2.24) is 5.32 Å². The van der Waals surface area contributed by atoms with Crippen molar-refractivity contribution in [1.29, 1.82) is 0 Å². The molecule has 0 radical (unpaired) electrons. The second kappa shape index (κ2) is 6.64. The van der Waals surface area contributed by atoms with E-state index in [-0.39, 0.29) is 16.7 Å². The molecule has 0 heterocycles. The molecule has 1 rings (SSSR count). The monoisotopic (exact) mass is 258 g/mol. The first kappa shape index (κ1) is 14.8. The molecule has 1 aliphatic carbocycles. The average Bonchev–Trinajstić information content (AvgIpc) is 2.75. The van der Waals surface area contributed by atoms with Crippen LogP contribution in [0.15, 0.2) is 0 Å². The molecular formula is C13H26N2OS. The summed E-state index contributed by atoms with van der Waals surface area (Å²) in [4.78, 5) is 11.8. The number of nitrogens with two attached hydrogens (primary N) is 1. The summed E-state index contributed by atoms with van der Waals surface area (Å²) >= 11 is 1.90. The van der Waals surface area contributed by atoms with Gasteiger partial charge in [0.15, 0.2) is 0 Å². The highest BCUT2D eigenvalue weighted by molar-refractivity contribution is 8.00. The van der Waals surface area contributed by atoms with Crippen LogP contribution in [-0.2, 0) is 4.79 Å². The number of nitrogens with one attached hydrogen (secondary N) is 1. The van der Waals surface area contributed by atoms with Crippen LogP contribution in [0, 0.1) is 5.92 Å². The molecule has 1 atom stereocenters. The molecule has 100 valence electrons. The Morgan fingerprint density at radius 2 is 2.00 bits per heavy atom. The minimum absolute atomic E-state index is 0.0243. The molecule has 3 N–H and O–H groups in total. The van der Waals surface area contributed by atoms with E-state index in [1.54, 1.807) is 0 Å². The van der Waals surface area contributed by atoms with Crippen molar-refractivity contribution in [2.45, 2.75) is 56.7 Å². The number of hydrogen-bond acceptors (Lipinski definition) is 3. The molecule has 3 nitrogen and oxygen atoms in total. The largest absolute Gasteiger partial charge is 0.355 e. The van der Waals surface area contributed by atoms with Gasteiger partial charge in [-0.3, -0.25) is 4.79 Å². The highest BCUT2D eigenvalue weighted by atomic mass is 32.2. The van der Waals surface area contributed by atoms with Crippen LogP contribution < -0.4 is 11.1 Å². The molecule has 17 heavy (non-hydrogen) atoms. The lowest BCUT2D eigenvalue weighted by Crippen LogP contribution is -2.41. The van der Waals surface area contributed by atoms with Crippen molar-refractivity contribution in [3.63, 3.8) is 0 Å². The average molecular weight is 258 g/mol. The summed E-state index contributed by atoms with van der Waals surface area (Å²) in [6.07, 6.45) is 7.64. The zero-order chi connectivity index (χ0) is 12.9. The molecule has 0 bridgehead atoms. The first-order chi connectivity index (χ1) is 7.99. The molecule has 4 heteroatoms. The number of carbonyl (C=O) groups is 1. The zero-order valence-electron chi connectivity index (χ0n) is 11.3. The van der Waals surface area contributed by atoms with Crippen LogP contribution in [0.3, 0.4) is 0 Å². The maximum atomic E-state index is 11.8. The van der Waals surface area contributed by atoms with Crippen LogP contribution >= 0.6 is 11.8 Å². The van der Waals surface area contributed by atoms with E-state index < -0.39 is 0 Å². The van der Waals surface area contributed by atoms with E-state index in [1.165, 1.54) is 25.7 Å². The van der Waals surface area contributed by atoms with E-state index in [1.807, 2.05) is 11.8 Å². The molecule has 1 unspecified atom stereocenters. The van der Waals surface area contributed by atoms with Crippen molar-refractivity contribution in [3.8, 4) is 0 Å². The summed E-state index contributed by atoms with van der Waals surface area (Å²) in [5, 5.41) is 3.06. The number of rotatable bonds is 6. The number of carbonyl (C=O) groups excluding carboxylic acids is 1. The van der Waals surface area contributed by atoms with Gasteiger partial charge >= 0.3 is 0 Å². The van der Waals surface area contributed by atoms with E-state index in [2.05, 4.69) is 25.4 Å². The summed E-state index contributed by atoms with van der Waals surface area (Å²) in [5.74, 6) is 0.466. The lowest BCUT2D eigenvalue weighted by atomic mass is 10.0. The Balaban J connectivity index is 2.32. The SMILES string of the molecule is CSC1(CNC(=O)CC(N)C(C)C)CCCC1. The summed E-state index contributed by atoms with van der Waals surface area (Å²) in [5.41, 5.74) is 5.90. The van der Waals surface area contributed by atoms with Gasteiger partial charge in [-0.2, -0.15) is 11.8 Å². The van der Waals surface area contributed by atoms with Crippen molar-refractivity contribution >= 4 is 17.7 Å². The zero-order valence-corrected chi connectivity index (χ0v) is 12.1. The van der Waals surface area contributed by atoms with Gasteiger partial charge in [0.05, 0.1) is 0 Å². The quantitative estimate of drug-likeness (QED) is 0.767. The van der Waals surface area contributed by atoms with Gasteiger partial charge in [-0.25, -0.2) is 0 Å². The molecule has 0 saturated heterocycles. The fraction of sp³-hybridized carbons (Fsp3) is 0.923. The topological polar surface area (TPSA) is 55.1 Å². The van der Waals surface area contributed by atoms with Gasteiger partial charge in [-0.15, -0.1) is 0 Å². The van der Waals surface area contributed by atoms with Crippen LogP contribution in [0.4, 0.5) is 0 Å². The molecule has 1 saturated carbocycles. The molecule has 0 aromatic carbocycles. The maximum absolute atomic E-state index is 11.8. The number of thioether (sulfide) groups is 1. The Hall–Kier alpha value is -0.220. The summed E-state index contributed by atoms with van der Waals surface area (Å²) < 4.78 is 0.289. The lowest BCUT2D eigenvalue weighted by molar-refractivity contribution is -0.121. The number of hydrogen-bond donors (Lipinski definition) is 2. The van der Waals surface area contributed by atoms with Gasteiger partial charge < -0.3 is 11.1 Å². The first-order valence-electron chi connectivity index (χ1n) is 6.56. The van der Waals surface area contributed by atoms with E-state index in [9.17, 15) is 4.79 Å². The predicted molar refractivity (Wildman–Crippen MR) is 75.2 cm³/mol. The second-order valence-corrected chi connectivity index (χ2v) is 6.76. The van der Waals surface area contributed by atoms with Gasteiger partial charge in [0.1, 0.15) is 0 Å². The highest BCUT2D eigenvalue weighted by Gasteiger charge is 2.33. The van der Waals surface area contributed by atoms with Crippen molar-refractivity contribution in [2.75, 3.05) is 12.8 Å². The molecule has 0 aromatic rings. The van der Waals surface area contributed by atoms with Crippen LogP contribution in [0.5, 0.6) is 0 Å². The van der Waals surface area contributed by atoms with Gasteiger partial charge in [0.25, 0.3) is 0 Å². The summed E-state index contributed by atoms with van der Waals surface area (Å²) in [7, 11) is 0. The lowest BCUT2D eigenvalue weighted by Gasteiger charge is -2.27. The molecule has 0 aliphatic heterocycles. The van der Waals surface area contributed by atoms with Crippen LogP contribution in [0.1, 0.15) is 46.0 Å². The molecule has 1 amide bonds. The van der Waals surface area contributed by atoms with Crippen molar-refractivity contribution in [3.05, 3.63) is 0 Å².